The molecule has 4 rings (SSSR count). The summed E-state index contributed by atoms with van der Waals surface area (Å²) in [5, 5.41) is 6.26. The first kappa shape index (κ1) is 26.2. The maximum absolute atomic E-state index is 13.3. The molecule has 6 nitrogen and oxygen atoms in total. The topological polar surface area (TPSA) is 69.0 Å². The summed E-state index contributed by atoms with van der Waals surface area (Å²) in [6, 6.07) is 20.5. The van der Waals surface area contributed by atoms with E-state index in [1.807, 2.05) is 19.9 Å². The molecule has 1 unspecified atom stereocenters. The molecule has 0 fully saturated rings. The molecule has 0 radical (unpaired) electrons. The molecule has 1 heterocycles. The van der Waals surface area contributed by atoms with Crippen LogP contribution >= 0.6 is 11.6 Å². The number of nitrogens with one attached hydrogen (secondary N) is 1. The van der Waals surface area contributed by atoms with Gasteiger partial charge in [-0.25, -0.2) is 4.68 Å². The Labute approximate surface area is 217 Å². The van der Waals surface area contributed by atoms with Crippen molar-refractivity contribution in [1.82, 2.24) is 14.8 Å². The lowest BCUT2D eigenvalue weighted by Crippen LogP contribution is -2.17. The largest absolute Gasteiger partial charge is 0.462 e. The van der Waals surface area contributed by atoms with Crippen LogP contribution in [0.5, 0.6) is 6.01 Å². The van der Waals surface area contributed by atoms with Crippen molar-refractivity contribution in [2.75, 3.05) is 11.9 Å². The Balaban J connectivity index is 1.62. The first-order chi connectivity index (χ1) is 17.6. The second-order valence-corrected chi connectivity index (χ2v) is 9.16. The van der Waals surface area contributed by atoms with E-state index in [2.05, 4.69) is 15.4 Å². The molecule has 1 amide bonds. The summed E-state index contributed by atoms with van der Waals surface area (Å²) in [6.07, 6.45) is -4.50. The van der Waals surface area contributed by atoms with Crippen LogP contribution in [0.3, 0.4) is 0 Å². The molecule has 0 aliphatic carbocycles. The van der Waals surface area contributed by atoms with Gasteiger partial charge in [-0.2, -0.15) is 18.2 Å². The SMILES string of the molecule is CC(C)COc1nc(-c2cccc(C(F)(F)F)c2)n(-c2ccc(NC(=O)C(Cl)c3ccccc3)cc2)n1. The van der Waals surface area contributed by atoms with Gasteiger partial charge in [0.15, 0.2) is 5.82 Å². The van der Waals surface area contributed by atoms with E-state index in [0.717, 1.165) is 12.1 Å². The number of alkyl halides is 4. The van der Waals surface area contributed by atoms with Crippen LogP contribution in [0.1, 0.15) is 30.4 Å². The predicted octanol–water partition coefficient (Wildman–Crippen LogP) is 6.91. The number of anilines is 1. The molecule has 0 saturated carbocycles. The van der Waals surface area contributed by atoms with Gasteiger partial charge in [0.1, 0.15) is 5.38 Å². The van der Waals surface area contributed by atoms with Crippen molar-refractivity contribution in [1.29, 1.82) is 0 Å². The quantitative estimate of drug-likeness (QED) is 0.252. The second kappa shape index (κ2) is 11.0. The van der Waals surface area contributed by atoms with Gasteiger partial charge in [0.05, 0.1) is 17.9 Å². The smallest absolute Gasteiger partial charge is 0.416 e. The number of rotatable bonds is 8. The number of benzene rings is 3. The van der Waals surface area contributed by atoms with E-state index in [1.165, 1.54) is 16.8 Å². The highest BCUT2D eigenvalue weighted by atomic mass is 35.5. The van der Waals surface area contributed by atoms with Gasteiger partial charge >= 0.3 is 12.2 Å². The Kier molecular flexibility index (Phi) is 7.83. The van der Waals surface area contributed by atoms with E-state index >= 15 is 0 Å². The first-order valence-corrected chi connectivity index (χ1v) is 11.9. The van der Waals surface area contributed by atoms with Gasteiger partial charge in [0, 0.05) is 11.3 Å². The first-order valence-electron chi connectivity index (χ1n) is 11.5. The lowest BCUT2D eigenvalue weighted by molar-refractivity contribution is -0.137. The highest BCUT2D eigenvalue weighted by Gasteiger charge is 2.31. The molecule has 1 aromatic heterocycles. The van der Waals surface area contributed by atoms with Gasteiger partial charge in [-0.05, 0) is 47.9 Å². The number of carbonyl (C=O) groups excluding carboxylic acids is 1. The Hall–Kier alpha value is -3.85. The van der Waals surface area contributed by atoms with Gasteiger partial charge < -0.3 is 10.1 Å². The number of ether oxygens (including phenoxy) is 1. The highest BCUT2D eigenvalue weighted by molar-refractivity contribution is 6.32. The van der Waals surface area contributed by atoms with Gasteiger partial charge in [0.25, 0.3) is 0 Å². The third kappa shape index (κ3) is 6.48. The van der Waals surface area contributed by atoms with Crippen molar-refractivity contribution in [2.24, 2.45) is 5.92 Å². The van der Waals surface area contributed by atoms with Crippen molar-refractivity contribution >= 4 is 23.2 Å². The number of carbonyl (C=O) groups is 1. The number of aromatic nitrogens is 3. The molecule has 37 heavy (non-hydrogen) atoms. The summed E-state index contributed by atoms with van der Waals surface area (Å²) in [5.41, 5.74) is 1.11. The normalized spacial score (nSPS) is 12.4. The fourth-order valence-electron chi connectivity index (χ4n) is 3.46. The molecule has 0 saturated heterocycles. The summed E-state index contributed by atoms with van der Waals surface area (Å²) in [5.74, 6) is -0.00422. The van der Waals surface area contributed by atoms with Crippen molar-refractivity contribution in [3.05, 3.63) is 90.0 Å². The van der Waals surface area contributed by atoms with Crippen LogP contribution in [0.4, 0.5) is 18.9 Å². The number of hydrogen-bond acceptors (Lipinski definition) is 4. The van der Waals surface area contributed by atoms with Gasteiger partial charge in [-0.3, -0.25) is 4.79 Å². The van der Waals surface area contributed by atoms with Crippen LogP contribution in [0, 0.1) is 5.92 Å². The van der Waals surface area contributed by atoms with E-state index in [1.54, 1.807) is 48.5 Å². The van der Waals surface area contributed by atoms with Crippen molar-refractivity contribution in [3.63, 3.8) is 0 Å². The molecular weight excluding hydrogens is 505 g/mol. The number of amides is 1. The molecule has 192 valence electrons. The summed E-state index contributed by atoms with van der Waals surface area (Å²) >= 11 is 6.29. The average Bonchev–Trinajstić information content (AvgIpc) is 3.32. The van der Waals surface area contributed by atoms with E-state index in [-0.39, 0.29) is 23.3 Å². The Morgan fingerprint density at radius 3 is 2.38 bits per heavy atom. The lowest BCUT2D eigenvalue weighted by atomic mass is 10.1. The molecule has 4 aromatic rings. The fraction of sp³-hybridized carbons (Fsp3) is 0.222. The van der Waals surface area contributed by atoms with Gasteiger partial charge in [0.2, 0.25) is 5.91 Å². The van der Waals surface area contributed by atoms with E-state index in [0.29, 0.717) is 23.5 Å². The Bertz CT molecular complexity index is 1360. The molecule has 0 spiro atoms. The van der Waals surface area contributed by atoms with Crippen LogP contribution in [0.2, 0.25) is 0 Å². The van der Waals surface area contributed by atoms with Gasteiger partial charge in [-0.15, -0.1) is 16.7 Å². The van der Waals surface area contributed by atoms with E-state index < -0.39 is 23.0 Å². The minimum atomic E-state index is -4.50. The maximum Gasteiger partial charge on any atom is 0.416 e. The Morgan fingerprint density at radius 1 is 1.03 bits per heavy atom. The molecular formula is C27H24ClF3N4O2. The third-order valence-corrected chi connectivity index (χ3v) is 5.73. The molecule has 0 bridgehead atoms. The minimum Gasteiger partial charge on any atom is -0.462 e. The Morgan fingerprint density at radius 2 is 1.73 bits per heavy atom. The summed E-state index contributed by atoms with van der Waals surface area (Å²) < 4.78 is 47.0. The van der Waals surface area contributed by atoms with E-state index in [9.17, 15) is 18.0 Å². The standard InChI is InChI=1S/C27H24ClF3N4O2/c1-17(2)16-37-26-33-24(19-9-6-10-20(15-19)27(29,30)31)35(34-26)22-13-11-21(12-14-22)32-25(36)23(28)18-7-4-3-5-8-18/h3-15,17,23H,16H2,1-2H3,(H,32,36). The molecule has 1 N–H and O–H groups in total. The zero-order valence-electron chi connectivity index (χ0n) is 20.0. The van der Waals surface area contributed by atoms with Crippen LogP contribution in [-0.2, 0) is 11.0 Å². The maximum atomic E-state index is 13.3. The van der Waals surface area contributed by atoms with Crippen LogP contribution in [-0.4, -0.2) is 27.3 Å². The zero-order valence-corrected chi connectivity index (χ0v) is 20.8. The van der Waals surface area contributed by atoms with Gasteiger partial charge in [-0.1, -0.05) is 56.3 Å². The molecule has 3 aromatic carbocycles. The number of nitrogens with zero attached hydrogens (tertiary/aromatic N) is 3. The van der Waals surface area contributed by atoms with Crippen molar-refractivity contribution < 1.29 is 22.7 Å². The average molecular weight is 529 g/mol. The molecule has 0 aliphatic heterocycles. The van der Waals surface area contributed by atoms with Crippen molar-refractivity contribution in [2.45, 2.75) is 25.4 Å². The summed E-state index contributed by atoms with van der Waals surface area (Å²) in [7, 11) is 0. The molecule has 1 atom stereocenters. The summed E-state index contributed by atoms with van der Waals surface area (Å²) in [4.78, 5) is 16.9. The van der Waals surface area contributed by atoms with E-state index in [4.69, 9.17) is 16.3 Å². The zero-order chi connectivity index (χ0) is 26.6. The van der Waals surface area contributed by atoms with Crippen LogP contribution in [0.15, 0.2) is 78.9 Å². The second-order valence-electron chi connectivity index (χ2n) is 8.72. The predicted molar refractivity (Wildman–Crippen MR) is 136 cm³/mol. The monoisotopic (exact) mass is 528 g/mol. The lowest BCUT2D eigenvalue weighted by Gasteiger charge is -2.12. The summed E-state index contributed by atoms with van der Waals surface area (Å²) in [6.45, 7) is 4.26. The fourth-order valence-corrected chi connectivity index (χ4v) is 3.66. The van der Waals surface area contributed by atoms with Crippen LogP contribution in [0.25, 0.3) is 17.1 Å². The molecule has 10 heteroatoms. The minimum absolute atomic E-state index is 0.0475. The number of halogens is 4. The number of hydrogen-bond donors (Lipinski definition) is 1. The van der Waals surface area contributed by atoms with Crippen LogP contribution < -0.4 is 10.1 Å². The van der Waals surface area contributed by atoms with Crippen molar-refractivity contribution in [3.8, 4) is 23.1 Å². The highest BCUT2D eigenvalue weighted by Crippen LogP contribution is 2.33. The third-order valence-electron chi connectivity index (χ3n) is 5.28. The molecule has 0 aliphatic rings.